The first-order valence-electron chi connectivity index (χ1n) is 5.70. The summed E-state index contributed by atoms with van der Waals surface area (Å²) in [5.41, 5.74) is 2.67. The van der Waals surface area contributed by atoms with Crippen LogP contribution in [-0.4, -0.2) is 0 Å². The molecule has 17 heavy (non-hydrogen) atoms. The predicted molar refractivity (Wildman–Crippen MR) is 78.4 cm³/mol. The third-order valence-electron chi connectivity index (χ3n) is 2.89. The Hall–Kier alpha value is -0.640. The summed E-state index contributed by atoms with van der Waals surface area (Å²) in [5.74, 6) is 0. The highest BCUT2D eigenvalue weighted by Crippen LogP contribution is 2.22. The van der Waals surface area contributed by atoms with Crippen LogP contribution < -0.4 is 5.32 Å². The Morgan fingerprint density at radius 2 is 1.88 bits per heavy atom. The summed E-state index contributed by atoms with van der Waals surface area (Å²) in [6.45, 7) is 4.40. The zero-order chi connectivity index (χ0) is 12.3. The molecule has 1 N–H and O–H groups in total. The molecule has 2 unspecified atom stereocenters. The molecule has 0 bridgehead atoms. The lowest BCUT2D eigenvalue weighted by molar-refractivity contribution is 0.495. The molecule has 0 aliphatic carbocycles. The Labute approximate surface area is 115 Å². The van der Waals surface area contributed by atoms with E-state index >= 15 is 0 Å². The second-order valence-electron chi connectivity index (χ2n) is 4.22. The maximum Gasteiger partial charge on any atom is 0.0305 e. The lowest BCUT2D eigenvalue weighted by atomic mass is 10.1. The van der Waals surface area contributed by atoms with Gasteiger partial charge in [-0.25, -0.2) is 0 Å². The first-order valence-corrected chi connectivity index (χ1v) is 7.44. The highest BCUT2D eigenvalue weighted by Gasteiger charge is 2.11. The monoisotopic (exact) mass is 309 g/mol. The minimum atomic E-state index is 0.349. The molecule has 0 saturated heterocycles. The van der Waals surface area contributed by atoms with Crippen molar-refractivity contribution in [1.82, 2.24) is 5.32 Å². The van der Waals surface area contributed by atoms with Gasteiger partial charge in [-0.2, -0.15) is 11.3 Å². The van der Waals surface area contributed by atoms with E-state index in [1.54, 1.807) is 11.3 Å². The van der Waals surface area contributed by atoms with E-state index < -0.39 is 0 Å². The van der Waals surface area contributed by atoms with Crippen LogP contribution in [0, 0.1) is 0 Å². The molecule has 0 saturated carbocycles. The van der Waals surface area contributed by atoms with E-state index in [4.69, 9.17) is 0 Å². The van der Waals surface area contributed by atoms with Gasteiger partial charge in [0.15, 0.2) is 0 Å². The number of benzene rings is 1. The van der Waals surface area contributed by atoms with E-state index in [0.717, 1.165) is 4.47 Å². The molecule has 1 heterocycles. The molecule has 0 aliphatic heterocycles. The van der Waals surface area contributed by atoms with Crippen molar-refractivity contribution in [2.75, 3.05) is 0 Å². The van der Waals surface area contributed by atoms with E-state index in [1.807, 2.05) is 0 Å². The van der Waals surface area contributed by atoms with Crippen LogP contribution in [-0.2, 0) is 0 Å². The van der Waals surface area contributed by atoms with Gasteiger partial charge in [-0.1, -0.05) is 28.1 Å². The van der Waals surface area contributed by atoms with Crippen molar-refractivity contribution in [3.05, 3.63) is 56.7 Å². The molecule has 0 spiro atoms. The summed E-state index contributed by atoms with van der Waals surface area (Å²) in [7, 11) is 0. The number of thiophene rings is 1. The molecular weight excluding hydrogens is 294 g/mol. The molecular formula is C14H16BrNS. The van der Waals surface area contributed by atoms with Crippen LogP contribution in [0.3, 0.4) is 0 Å². The minimum Gasteiger partial charge on any atom is -0.304 e. The molecule has 90 valence electrons. The first-order chi connectivity index (χ1) is 8.16. The number of halogens is 1. The maximum absolute atomic E-state index is 3.61. The Bertz CT molecular complexity index is 467. The first kappa shape index (κ1) is 12.8. The fraction of sp³-hybridized carbons (Fsp3) is 0.286. The van der Waals surface area contributed by atoms with Crippen molar-refractivity contribution in [3.8, 4) is 0 Å². The van der Waals surface area contributed by atoms with Crippen LogP contribution in [0.25, 0.3) is 0 Å². The molecule has 0 radical (unpaired) electrons. The third-order valence-corrected chi connectivity index (χ3v) is 4.09. The van der Waals surface area contributed by atoms with Crippen molar-refractivity contribution in [2.24, 2.45) is 0 Å². The van der Waals surface area contributed by atoms with E-state index in [9.17, 15) is 0 Å². The largest absolute Gasteiger partial charge is 0.304 e. The summed E-state index contributed by atoms with van der Waals surface area (Å²) in [6, 6.07) is 11.4. The summed E-state index contributed by atoms with van der Waals surface area (Å²) in [6.07, 6.45) is 0. The third kappa shape index (κ3) is 3.41. The van der Waals surface area contributed by atoms with Crippen LogP contribution in [0.15, 0.2) is 45.6 Å². The zero-order valence-electron chi connectivity index (χ0n) is 9.98. The highest BCUT2D eigenvalue weighted by atomic mass is 79.9. The minimum absolute atomic E-state index is 0.349. The van der Waals surface area contributed by atoms with Crippen LogP contribution in [0.2, 0.25) is 0 Å². The molecule has 2 rings (SSSR count). The fourth-order valence-electron chi connectivity index (χ4n) is 1.86. The number of hydrogen-bond donors (Lipinski definition) is 1. The molecule has 2 aromatic rings. The van der Waals surface area contributed by atoms with Gasteiger partial charge in [0.25, 0.3) is 0 Å². The zero-order valence-corrected chi connectivity index (χ0v) is 12.4. The second-order valence-corrected chi connectivity index (χ2v) is 5.92. The van der Waals surface area contributed by atoms with Crippen LogP contribution in [0.4, 0.5) is 0 Å². The SMILES string of the molecule is CC(NC(C)c1cccc(Br)c1)c1ccsc1. The molecule has 2 atom stereocenters. The Kier molecular flexibility index (Phi) is 4.37. The number of hydrogen-bond acceptors (Lipinski definition) is 2. The van der Waals surface area contributed by atoms with Gasteiger partial charge >= 0.3 is 0 Å². The maximum atomic E-state index is 3.61. The number of nitrogens with one attached hydrogen (secondary N) is 1. The Morgan fingerprint density at radius 3 is 2.53 bits per heavy atom. The van der Waals surface area contributed by atoms with Gasteiger partial charge in [0.05, 0.1) is 0 Å². The quantitative estimate of drug-likeness (QED) is 0.845. The summed E-state index contributed by atoms with van der Waals surface area (Å²) in [4.78, 5) is 0. The smallest absolute Gasteiger partial charge is 0.0305 e. The van der Waals surface area contributed by atoms with Gasteiger partial charge in [-0.15, -0.1) is 0 Å². The number of rotatable bonds is 4. The molecule has 1 aromatic carbocycles. The van der Waals surface area contributed by atoms with E-state index in [0.29, 0.717) is 12.1 Å². The highest BCUT2D eigenvalue weighted by molar-refractivity contribution is 9.10. The van der Waals surface area contributed by atoms with E-state index in [-0.39, 0.29) is 0 Å². The summed E-state index contributed by atoms with van der Waals surface area (Å²) < 4.78 is 1.13. The topological polar surface area (TPSA) is 12.0 Å². The lowest BCUT2D eigenvalue weighted by Gasteiger charge is -2.20. The summed E-state index contributed by atoms with van der Waals surface area (Å²) >= 11 is 5.26. The molecule has 1 aromatic heterocycles. The molecule has 0 fully saturated rings. The molecule has 0 amide bonds. The van der Waals surface area contributed by atoms with Crippen LogP contribution >= 0.6 is 27.3 Å². The van der Waals surface area contributed by atoms with Gasteiger partial charge in [0.1, 0.15) is 0 Å². The average Bonchev–Trinajstić information content (AvgIpc) is 2.82. The van der Waals surface area contributed by atoms with Gasteiger partial charge in [-0.3, -0.25) is 0 Å². The van der Waals surface area contributed by atoms with Crippen molar-refractivity contribution in [3.63, 3.8) is 0 Å². The van der Waals surface area contributed by atoms with Crippen molar-refractivity contribution >= 4 is 27.3 Å². The lowest BCUT2D eigenvalue weighted by Crippen LogP contribution is -2.22. The van der Waals surface area contributed by atoms with Crippen LogP contribution in [0.1, 0.15) is 37.1 Å². The predicted octanol–water partition coefficient (Wildman–Crippen LogP) is 4.92. The Balaban J connectivity index is 2.04. The van der Waals surface area contributed by atoms with Crippen molar-refractivity contribution < 1.29 is 0 Å². The van der Waals surface area contributed by atoms with E-state index in [2.05, 4.69) is 76.2 Å². The molecule has 1 nitrogen and oxygen atoms in total. The standard InChI is InChI=1S/C14H16BrNS/c1-10(12-4-3-5-14(15)8-12)16-11(2)13-6-7-17-9-13/h3-11,16H,1-2H3. The van der Waals surface area contributed by atoms with Gasteiger partial charge in [0.2, 0.25) is 0 Å². The Morgan fingerprint density at radius 1 is 1.12 bits per heavy atom. The normalized spacial score (nSPS) is 14.5. The van der Waals surface area contributed by atoms with Crippen molar-refractivity contribution in [2.45, 2.75) is 25.9 Å². The average molecular weight is 310 g/mol. The molecule has 0 aliphatic rings. The van der Waals surface area contributed by atoms with Gasteiger partial charge in [0, 0.05) is 16.6 Å². The van der Waals surface area contributed by atoms with Crippen molar-refractivity contribution in [1.29, 1.82) is 0 Å². The summed E-state index contributed by atoms with van der Waals surface area (Å²) in [5, 5.41) is 7.93. The second kappa shape index (κ2) is 5.80. The fourth-order valence-corrected chi connectivity index (χ4v) is 3.04. The van der Waals surface area contributed by atoms with Crippen LogP contribution in [0.5, 0.6) is 0 Å². The van der Waals surface area contributed by atoms with Gasteiger partial charge < -0.3 is 5.32 Å². The molecule has 3 heteroatoms. The van der Waals surface area contributed by atoms with E-state index in [1.165, 1.54) is 11.1 Å². The van der Waals surface area contributed by atoms with Gasteiger partial charge in [-0.05, 0) is 53.9 Å².